The minimum Gasteiger partial charge on any atom is -0.340 e. The number of sulfonamides is 1. The van der Waals surface area contributed by atoms with Gasteiger partial charge in [-0.1, -0.05) is 30.3 Å². The Morgan fingerprint density at radius 1 is 1.14 bits per heavy atom. The lowest BCUT2D eigenvalue weighted by Crippen LogP contribution is -2.50. The molecule has 1 aromatic carbocycles. The van der Waals surface area contributed by atoms with E-state index < -0.39 is 15.6 Å². The van der Waals surface area contributed by atoms with Crippen LogP contribution in [0.4, 0.5) is 0 Å². The molecule has 5 nitrogen and oxygen atoms in total. The molecule has 6 heteroatoms. The molecule has 21 heavy (non-hydrogen) atoms. The SMILES string of the molecule is CN(Cc1ccccc1)C(=O)CN(C(C)(C)C)S(C)(=O)=O. The minimum atomic E-state index is -3.44. The maximum absolute atomic E-state index is 12.3. The Bertz CT molecular complexity index is 577. The second-order valence-corrected chi connectivity index (χ2v) is 8.08. The van der Waals surface area contributed by atoms with Crippen LogP contribution >= 0.6 is 0 Å². The van der Waals surface area contributed by atoms with Gasteiger partial charge in [0.15, 0.2) is 0 Å². The van der Waals surface area contributed by atoms with Crippen molar-refractivity contribution in [2.24, 2.45) is 0 Å². The minimum absolute atomic E-state index is 0.147. The van der Waals surface area contributed by atoms with E-state index in [0.717, 1.165) is 11.8 Å². The van der Waals surface area contributed by atoms with Crippen molar-refractivity contribution in [2.75, 3.05) is 19.8 Å². The Labute approximate surface area is 127 Å². The molecule has 0 fully saturated rings. The largest absolute Gasteiger partial charge is 0.340 e. The van der Waals surface area contributed by atoms with Crippen LogP contribution in [0.5, 0.6) is 0 Å². The Morgan fingerprint density at radius 3 is 2.10 bits per heavy atom. The van der Waals surface area contributed by atoms with Gasteiger partial charge in [0.2, 0.25) is 15.9 Å². The molecule has 0 aliphatic heterocycles. The summed E-state index contributed by atoms with van der Waals surface area (Å²) >= 11 is 0. The number of nitrogens with zero attached hydrogens (tertiary/aromatic N) is 2. The quantitative estimate of drug-likeness (QED) is 0.831. The average Bonchev–Trinajstić information content (AvgIpc) is 2.34. The van der Waals surface area contributed by atoms with E-state index in [4.69, 9.17) is 0 Å². The van der Waals surface area contributed by atoms with Gasteiger partial charge in [-0.2, -0.15) is 4.31 Å². The highest BCUT2D eigenvalue weighted by Gasteiger charge is 2.32. The smallest absolute Gasteiger partial charge is 0.237 e. The first-order chi connectivity index (χ1) is 9.51. The number of hydrogen-bond acceptors (Lipinski definition) is 3. The van der Waals surface area contributed by atoms with Gasteiger partial charge < -0.3 is 4.90 Å². The molecule has 0 atom stereocenters. The normalized spacial score (nSPS) is 12.5. The summed E-state index contributed by atoms with van der Waals surface area (Å²) in [7, 11) is -1.76. The Morgan fingerprint density at radius 2 is 1.67 bits per heavy atom. The van der Waals surface area contributed by atoms with Gasteiger partial charge in [-0.05, 0) is 26.3 Å². The molecule has 118 valence electrons. The van der Waals surface area contributed by atoms with Crippen LogP contribution < -0.4 is 0 Å². The molecule has 0 aliphatic carbocycles. The van der Waals surface area contributed by atoms with Crippen LogP contribution in [0.25, 0.3) is 0 Å². The van der Waals surface area contributed by atoms with Crippen LogP contribution in [0.3, 0.4) is 0 Å². The van der Waals surface area contributed by atoms with E-state index >= 15 is 0 Å². The molecule has 0 saturated heterocycles. The van der Waals surface area contributed by atoms with Crippen molar-refractivity contribution < 1.29 is 13.2 Å². The van der Waals surface area contributed by atoms with Crippen molar-refractivity contribution in [3.8, 4) is 0 Å². The maximum Gasteiger partial charge on any atom is 0.237 e. The summed E-state index contributed by atoms with van der Waals surface area (Å²) in [5, 5.41) is 0. The van der Waals surface area contributed by atoms with Gasteiger partial charge in [0.25, 0.3) is 0 Å². The standard InChI is InChI=1S/C15H24N2O3S/c1-15(2,3)17(21(5,19)20)12-14(18)16(4)11-13-9-7-6-8-10-13/h6-10H,11-12H2,1-5H3. The van der Waals surface area contributed by atoms with E-state index in [2.05, 4.69) is 0 Å². The lowest BCUT2D eigenvalue weighted by molar-refractivity contribution is -0.131. The summed E-state index contributed by atoms with van der Waals surface area (Å²) in [6, 6.07) is 9.59. The number of carbonyl (C=O) groups is 1. The third kappa shape index (κ3) is 5.47. The van der Waals surface area contributed by atoms with E-state index in [-0.39, 0.29) is 12.5 Å². The number of benzene rings is 1. The van der Waals surface area contributed by atoms with Gasteiger partial charge in [0, 0.05) is 19.1 Å². The first-order valence-corrected chi connectivity index (χ1v) is 8.62. The number of hydrogen-bond donors (Lipinski definition) is 0. The second-order valence-electron chi connectivity index (χ2n) is 6.18. The molecular weight excluding hydrogens is 288 g/mol. The first kappa shape index (κ1) is 17.7. The Hall–Kier alpha value is -1.40. The van der Waals surface area contributed by atoms with Crippen LogP contribution in [0.1, 0.15) is 26.3 Å². The van der Waals surface area contributed by atoms with Gasteiger partial charge in [0.05, 0.1) is 12.8 Å². The molecule has 0 unspecified atom stereocenters. The zero-order valence-electron chi connectivity index (χ0n) is 13.3. The van der Waals surface area contributed by atoms with E-state index in [0.29, 0.717) is 6.54 Å². The Kier molecular flexibility index (Phi) is 5.53. The Balaban J connectivity index is 2.79. The van der Waals surface area contributed by atoms with Gasteiger partial charge in [0.1, 0.15) is 0 Å². The summed E-state index contributed by atoms with van der Waals surface area (Å²) in [6.07, 6.45) is 1.13. The molecule has 0 aromatic heterocycles. The summed E-state index contributed by atoms with van der Waals surface area (Å²) in [6.45, 7) is 5.64. The molecule has 0 radical (unpaired) electrons. The van der Waals surface area contributed by atoms with Crippen LogP contribution in [0.15, 0.2) is 30.3 Å². The van der Waals surface area contributed by atoms with Crippen molar-refractivity contribution >= 4 is 15.9 Å². The van der Waals surface area contributed by atoms with E-state index in [1.54, 1.807) is 32.7 Å². The molecule has 0 saturated carbocycles. The lowest BCUT2D eigenvalue weighted by Gasteiger charge is -2.33. The number of likely N-dealkylation sites (N-methyl/N-ethyl adjacent to an activating group) is 1. The van der Waals surface area contributed by atoms with Crippen molar-refractivity contribution in [3.63, 3.8) is 0 Å². The summed E-state index contributed by atoms with van der Waals surface area (Å²) in [5.41, 5.74) is 0.381. The van der Waals surface area contributed by atoms with E-state index in [1.807, 2.05) is 30.3 Å². The van der Waals surface area contributed by atoms with Crippen LogP contribution in [0, 0.1) is 0 Å². The predicted octanol–water partition coefficient (Wildman–Crippen LogP) is 1.71. The highest BCUT2D eigenvalue weighted by Crippen LogP contribution is 2.17. The highest BCUT2D eigenvalue weighted by molar-refractivity contribution is 7.88. The topological polar surface area (TPSA) is 57.7 Å². The molecule has 1 amide bonds. The van der Waals surface area contributed by atoms with Crippen LogP contribution in [-0.4, -0.2) is 48.9 Å². The molecule has 0 spiro atoms. The molecule has 1 aromatic rings. The van der Waals surface area contributed by atoms with Gasteiger partial charge in [-0.25, -0.2) is 8.42 Å². The monoisotopic (exact) mass is 312 g/mol. The number of carbonyl (C=O) groups excluding carboxylic acids is 1. The summed E-state index contributed by atoms with van der Waals surface area (Å²) in [5.74, 6) is -0.223. The van der Waals surface area contributed by atoms with E-state index in [9.17, 15) is 13.2 Å². The van der Waals surface area contributed by atoms with Crippen LogP contribution in [0.2, 0.25) is 0 Å². The summed E-state index contributed by atoms with van der Waals surface area (Å²) in [4.78, 5) is 13.8. The number of rotatable bonds is 5. The second kappa shape index (κ2) is 6.58. The molecule has 1 rings (SSSR count). The fourth-order valence-electron chi connectivity index (χ4n) is 2.04. The van der Waals surface area contributed by atoms with Crippen molar-refractivity contribution in [2.45, 2.75) is 32.9 Å². The third-order valence-electron chi connectivity index (χ3n) is 3.12. The zero-order valence-corrected chi connectivity index (χ0v) is 14.1. The van der Waals surface area contributed by atoms with Crippen LogP contribution in [-0.2, 0) is 21.4 Å². The van der Waals surface area contributed by atoms with Crippen molar-refractivity contribution in [1.29, 1.82) is 0 Å². The van der Waals surface area contributed by atoms with Crippen molar-refractivity contribution in [3.05, 3.63) is 35.9 Å². The molecule has 0 heterocycles. The van der Waals surface area contributed by atoms with E-state index in [1.165, 1.54) is 4.31 Å². The van der Waals surface area contributed by atoms with Crippen molar-refractivity contribution in [1.82, 2.24) is 9.21 Å². The zero-order chi connectivity index (χ0) is 16.3. The molecule has 0 aliphatic rings. The molecule has 0 bridgehead atoms. The third-order valence-corrected chi connectivity index (χ3v) is 4.59. The van der Waals surface area contributed by atoms with Gasteiger partial charge in [-0.3, -0.25) is 4.79 Å². The molecule has 0 N–H and O–H groups in total. The first-order valence-electron chi connectivity index (χ1n) is 6.77. The lowest BCUT2D eigenvalue weighted by atomic mass is 10.1. The van der Waals surface area contributed by atoms with Gasteiger partial charge >= 0.3 is 0 Å². The maximum atomic E-state index is 12.3. The molecular formula is C15H24N2O3S. The predicted molar refractivity (Wildman–Crippen MR) is 84.2 cm³/mol. The highest BCUT2D eigenvalue weighted by atomic mass is 32.2. The number of amides is 1. The fraction of sp³-hybridized carbons (Fsp3) is 0.533. The average molecular weight is 312 g/mol. The summed E-state index contributed by atoms with van der Waals surface area (Å²) < 4.78 is 24.9. The van der Waals surface area contributed by atoms with Gasteiger partial charge in [-0.15, -0.1) is 0 Å². The fourth-order valence-corrected chi connectivity index (χ4v) is 3.38.